The van der Waals surface area contributed by atoms with E-state index in [2.05, 4.69) is 41.0 Å². The predicted molar refractivity (Wildman–Crippen MR) is 127 cm³/mol. The van der Waals surface area contributed by atoms with Gasteiger partial charge in [-0.15, -0.1) is 11.8 Å². The van der Waals surface area contributed by atoms with Gasteiger partial charge in [0.1, 0.15) is 0 Å². The van der Waals surface area contributed by atoms with Gasteiger partial charge in [-0.1, -0.05) is 49.4 Å². The third-order valence-corrected chi connectivity index (χ3v) is 7.12. The Morgan fingerprint density at radius 2 is 1.61 bits per heavy atom. The van der Waals surface area contributed by atoms with Gasteiger partial charge in [-0.2, -0.15) is 0 Å². The van der Waals surface area contributed by atoms with Gasteiger partial charge in [0, 0.05) is 44.0 Å². The molecule has 0 radical (unpaired) electrons. The van der Waals surface area contributed by atoms with Crippen molar-refractivity contribution in [3.8, 4) is 0 Å². The molecule has 2 aliphatic heterocycles. The molecule has 0 unspecified atom stereocenters. The van der Waals surface area contributed by atoms with Gasteiger partial charge >= 0.3 is 0 Å². The highest BCUT2D eigenvalue weighted by Gasteiger charge is 2.38. The summed E-state index contributed by atoms with van der Waals surface area (Å²) in [5, 5.41) is 0. The van der Waals surface area contributed by atoms with Gasteiger partial charge in [-0.25, -0.2) is 0 Å². The Morgan fingerprint density at radius 1 is 0.903 bits per heavy atom. The summed E-state index contributed by atoms with van der Waals surface area (Å²) in [6, 6.07) is 18.3. The molecule has 2 saturated heterocycles. The van der Waals surface area contributed by atoms with Crippen LogP contribution in [0.4, 0.5) is 5.69 Å². The summed E-state index contributed by atoms with van der Waals surface area (Å²) in [7, 11) is 0. The molecular weight excluding hydrogens is 406 g/mol. The number of imide groups is 1. The number of rotatable bonds is 8. The highest BCUT2D eigenvalue weighted by atomic mass is 32.2. The van der Waals surface area contributed by atoms with E-state index in [1.165, 1.54) is 15.5 Å². The van der Waals surface area contributed by atoms with Crippen molar-refractivity contribution >= 4 is 29.3 Å². The van der Waals surface area contributed by atoms with E-state index in [0.29, 0.717) is 13.0 Å². The van der Waals surface area contributed by atoms with E-state index in [-0.39, 0.29) is 17.7 Å². The second-order valence-corrected chi connectivity index (χ2v) is 9.44. The van der Waals surface area contributed by atoms with Gasteiger partial charge < -0.3 is 4.90 Å². The zero-order chi connectivity index (χ0) is 21.6. The van der Waals surface area contributed by atoms with Gasteiger partial charge in [0.05, 0.1) is 11.6 Å². The fourth-order valence-electron chi connectivity index (χ4n) is 4.52. The zero-order valence-electron chi connectivity index (χ0n) is 18.2. The Balaban J connectivity index is 1.24. The third-order valence-electron chi connectivity index (χ3n) is 6.18. The molecule has 5 nitrogen and oxygen atoms in total. The van der Waals surface area contributed by atoms with Gasteiger partial charge in [0.15, 0.2) is 0 Å². The summed E-state index contributed by atoms with van der Waals surface area (Å²) >= 11 is 1.90. The highest BCUT2D eigenvalue weighted by Crippen LogP contribution is 2.31. The predicted octanol–water partition coefficient (Wildman–Crippen LogP) is 3.85. The number of benzene rings is 2. The van der Waals surface area contributed by atoms with Crippen molar-refractivity contribution in [1.82, 2.24) is 9.80 Å². The van der Waals surface area contributed by atoms with E-state index in [1.807, 2.05) is 42.1 Å². The first-order chi connectivity index (χ1) is 15.2. The number of piperazine rings is 1. The van der Waals surface area contributed by atoms with Crippen molar-refractivity contribution in [2.75, 3.05) is 49.9 Å². The minimum absolute atomic E-state index is 0.0336. The van der Waals surface area contributed by atoms with E-state index in [4.69, 9.17) is 0 Å². The van der Waals surface area contributed by atoms with Crippen molar-refractivity contribution in [2.24, 2.45) is 0 Å². The van der Waals surface area contributed by atoms with E-state index < -0.39 is 0 Å². The quantitative estimate of drug-likeness (QED) is 0.464. The van der Waals surface area contributed by atoms with Crippen molar-refractivity contribution in [3.63, 3.8) is 0 Å². The maximum absolute atomic E-state index is 12.8. The van der Waals surface area contributed by atoms with Crippen molar-refractivity contribution in [3.05, 3.63) is 60.2 Å². The fraction of sp³-hybridized carbons (Fsp3) is 0.440. The number of likely N-dealkylation sites (tertiary alicyclic amines) is 1. The van der Waals surface area contributed by atoms with Crippen LogP contribution in [0.15, 0.2) is 59.5 Å². The summed E-state index contributed by atoms with van der Waals surface area (Å²) < 4.78 is 0. The molecule has 2 aliphatic rings. The first kappa shape index (κ1) is 21.9. The number of amides is 2. The maximum Gasteiger partial charge on any atom is 0.237 e. The molecule has 2 aromatic rings. The van der Waals surface area contributed by atoms with Crippen molar-refractivity contribution in [1.29, 1.82) is 0 Å². The molecule has 0 N–H and O–H groups in total. The normalized spacial score (nSPS) is 20.0. The van der Waals surface area contributed by atoms with Crippen LogP contribution in [0.25, 0.3) is 0 Å². The molecule has 0 saturated carbocycles. The summed E-state index contributed by atoms with van der Waals surface area (Å²) in [6.45, 7) is 7.69. The van der Waals surface area contributed by atoms with Crippen LogP contribution >= 0.6 is 11.8 Å². The third kappa shape index (κ3) is 5.13. The molecule has 2 amide bonds. The van der Waals surface area contributed by atoms with E-state index in [1.54, 1.807) is 0 Å². The lowest BCUT2D eigenvalue weighted by Gasteiger charge is -2.37. The smallest absolute Gasteiger partial charge is 0.237 e. The van der Waals surface area contributed by atoms with Crippen LogP contribution in [-0.2, 0) is 9.59 Å². The summed E-state index contributed by atoms with van der Waals surface area (Å²) in [5.41, 5.74) is 2.29. The van der Waals surface area contributed by atoms with Crippen LogP contribution in [0.5, 0.6) is 0 Å². The number of carbonyl (C=O) groups excluding carboxylic acids is 2. The number of nitrogens with zero attached hydrogens (tertiary/aromatic N) is 3. The minimum atomic E-state index is -0.307. The van der Waals surface area contributed by atoms with Gasteiger partial charge in [0.25, 0.3) is 0 Å². The summed E-state index contributed by atoms with van der Waals surface area (Å²) in [4.78, 5) is 33.0. The number of thioether (sulfide) groups is 1. The molecule has 2 fully saturated rings. The Bertz CT molecular complexity index is 897. The molecule has 1 atom stereocenters. The number of carbonyl (C=O) groups is 2. The monoisotopic (exact) mass is 437 g/mol. The molecular formula is C25H31N3O2S. The molecule has 4 rings (SSSR count). The molecule has 0 bridgehead atoms. The minimum Gasteiger partial charge on any atom is -0.368 e. The van der Waals surface area contributed by atoms with E-state index in [0.717, 1.165) is 50.5 Å². The SMILES string of the molecule is CCSc1ccccc1N1CCN(CCCN2C(=O)C[C@H](c3ccccc3)C2=O)CC1. The number of para-hydroxylation sites is 1. The zero-order valence-corrected chi connectivity index (χ0v) is 19.0. The van der Waals surface area contributed by atoms with Crippen molar-refractivity contribution < 1.29 is 9.59 Å². The van der Waals surface area contributed by atoms with Gasteiger partial charge in [0.2, 0.25) is 11.8 Å². The molecule has 0 aromatic heterocycles. The fourth-order valence-corrected chi connectivity index (χ4v) is 5.36. The second kappa shape index (κ2) is 10.3. The van der Waals surface area contributed by atoms with E-state index in [9.17, 15) is 9.59 Å². The van der Waals surface area contributed by atoms with Gasteiger partial charge in [-0.05, 0) is 36.4 Å². The van der Waals surface area contributed by atoms with Crippen LogP contribution in [-0.4, -0.2) is 66.6 Å². The average molecular weight is 438 g/mol. The number of anilines is 1. The first-order valence-corrected chi connectivity index (χ1v) is 12.2. The topological polar surface area (TPSA) is 43.9 Å². The molecule has 0 spiro atoms. The van der Waals surface area contributed by atoms with E-state index >= 15 is 0 Å². The molecule has 6 heteroatoms. The van der Waals surface area contributed by atoms with Crippen LogP contribution in [0.3, 0.4) is 0 Å². The Hall–Kier alpha value is -2.31. The Morgan fingerprint density at radius 3 is 2.35 bits per heavy atom. The largest absolute Gasteiger partial charge is 0.368 e. The van der Waals surface area contributed by atoms with Crippen LogP contribution < -0.4 is 4.90 Å². The Kier molecular flexibility index (Phi) is 7.30. The summed E-state index contributed by atoms with van der Waals surface area (Å²) in [6.07, 6.45) is 1.14. The number of hydrogen-bond acceptors (Lipinski definition) is 5. The van der Waals surface area contributed by atoms with Gasteiger partial charge in [-0.3, -0.25) is 19.4 Å². The molecule has 2 aromatic carbocycles. The second-order valence-electron chi connectivity index (χ2n) is 8.13. The van der Waals surface area contributed by atoms with Crippen LogP contribution in [0.2, 0.25) is 0 Å². The summed E-state index contributed by atoms with van der Waals surface area (Å²) in [5.74, 6) is 0.703. The standard InChI is InChI=1S/C25H31N3O2S/c1-2-31-23-12-7-6-11-22(23)27-17-15-26(16-18-27)13-8-14-28-24(29)19-21(25(28)30)20-9-4-3-5-10-20/h3-7,9-12,21H,2,8,13-19H2,1H3/t21-/m1/s1. The number of hydrogen-bond donors (Lipinski definition) is 0. The average Bonchev–Trinajstić information content (AvgIpc) is 3.09. The maximum atomic E-state index is 12.8. The molecule has 2 heterocycles. The molecule has 0 aliphatic carbocycles. The lowest BCUT2D eigenvalue weighted by molar-refractivity contribution is -0.138. The lowest BCUT2D eigenvalue weighted by Crippen LogP contribution is -2.47. The lowest BCUT2D eigenvalue weighted by atomic mass is 9.98. The Labute approximate surface area is 189 Å². The van der Waals surface area contributed by atoms with Crippen LogP contribution in [0.1, 0.15) is 31.2 Å². The highest BCUT2D eigenvalue weighted by molar-refractivity contribution is 7.99. The first-order valence-electron chi connectivity index (χ1n) is 11.3. The van der Waals surface area contributed by atoms with Crippen molar-refractivity contribution in [2.45, 2.75) is 30.6 Å². The molecule has 31 heavy (non-hydrogen) atoms. The van der Waals surface area contributed by atoms with Crippen LogP contribution in [0, 0.1) is 0 Å². The molecule has 164 valence electrons.